The number of carbonyl (C=O) groups is 2. The van der Waals surface area contributed by atoms with Gasteiger partial charge in [-0.25, -0.2) is 4.79 Å². The third kappa shape index (κ3) is 9.41. The lowest BCUT2D eigenvalue weighted by Crippen LogP contribution is -2.69. The fraction of sp³-hybridized carbons (Fsp3) is 0.778. The average Bonchev–Trinajstić information content (AvgIpc) is 3.64. The third-order valence-corrected chi connectivity index (χ3v) is 10.8. The Kier molecular flexibility index (Phi) is 14.3. The second-order valence-corrected chi connectivity index (χ2v) is 14.6. The van der Waals surface area contributed by atoms with Crippen LogP contribution < -0.4 is 5.32 Å². The van der Waals surface area contributed by atoms with E-state index in [-0.39, 0.29) is 50.4 Å². The minimum atomic E-state index is -2.94. The number of likely N-dealkylation sites (tertiary alicyclic amines) is 1. The van der Waals surface area contributed by atoms with Crippen LogP contribution in [0.15, 0.2) is 35.6 Å². The van der Waals surface area contributed by atoms with Crippen LogP contribution in [0.1, 0.15) is 64.2 Å². The summed E-state index contributed by atoms with van der Waals surface area (Å²) in [5.74, 6) is -6.94. The van der Waals surface area contributed by atoms with Crippen LogP contribution in [0.5, 0.6) is 0 Å². The van der Waals surface area contributed by atoms with Crippen molar-refractivity contribution in [3.8, 4) is 0 Å². The van der Waals surface area contributed by atoms with E-state index in [1.165, 1.54) is 6.08 Å². The molecule has 2 saturated heterocycles. The fourth-order valence-electron chi connectivity index (χ4n) is 7.95. The highest BCUT2D eigenvalue weighted by Gasteiger charge is 2.58. The molecule has 16 nitrogen and oxygen atoms in total. The van der Waals surface area contributed by atoms with Crippen LogP contribution in [-0.4, -0.2) is 148 Å². The lowest BCUT2D eigenvalue weighted by atomic mass is 9.76. The predicted molar refractivity (Wildman–Crippen MR) is 182 cm³/mol. The molecule has 4 fully saturated rings. The molecule has 0 spiro atoms. The van der Waals surface area contributed by atoms with Crippen molar-refractivity contribution in [1.82, 2.24) is 10.2 Å². The molecule has 294 valence electrons. The minimum Gasteiger partial charge on any atom is -0.481 e. The van der Waals surface area contributed by atoms with Crippen LogP contribution in [0.3, 0.4) is 0 Å². The van der Waals surface area contributed by atoms with Gasteiger partial charge < -0.3 is 59.4 Å². The van der Waals surface area contributed by atoms with Gasteiger partial charge in [-0.1, -0.05) is 30.2 Å². The Morgan fingerprint density at radius 2 is 1.79 bits per heavy atom. The van der Waals surface area contributed by atoms with Crippen molar-refractivity contribution < 1.29 is 69.0 Å². The Morgan fingerprint density at radius 3 is 2.44 bits per heavy atom. The highest BCUT2D eigenvalue weighted by atomic mass is 16.8. The standard InChI is InChI=1S/C36H56N2O14/c1-37-21-49-30-34(51-28(19-40)29(41)36(30,46)47)52-33-26(16-22-7-5-6-8-22)35(45,27(20-48-33)32(44)50-25-9-3-2-4-10-25)12-11-23-15-24(31(42)43)18-38(17-23)13-14-39/h11-12,16,20,23-26,28-30,33-34,37,39-41,45-47H,2-10,13-15,17-19,21H2,1H3,(H,42,43)/t23?,24?,26-,28+,29+,30+,33+,34-,35+/m0/s1. The van der Waals surface area contributed by atoms with Crippen molar-refractivity contribution in [3.63, 3.8) is 0 Å². The van der Waals surface area contributed by atoms with E-state index < -0.39 is 72.7 Å². The molecule has 2 unspecified atom stereocenters. The number of aliphatic carboxylic acids is 1. The second-order valence-electron chi connectivity index (χ2n) is 14.6. The zero-order valence-corrected chi connectivity index (χ0v) is 29.8. The first-order chi connectivity index (χ1) is 24.9. The summed E-state index contributed by atoms with van der Waals surface area (Å²) in [6, 6.07) is 0. The monoisotopic (exact) mass is 740 g/mol. The number of esters is 1. The number of allylic oxidation sites excluding steroid dienone is 1. The molecular formula is C36H56N2O14. The average molecular weight is 741 g/mol. The number of aliphatic hydroxyl groups is 6. The smallest absolute Gasteiger partial charge is 0.340 e. The Labute approximate surface area is 303 Å². The quantitative estimate of drug-likeness (QED) is 0.0657. The number of β-amino-alcohol motifs (C(OH)–C–C–N with tert-alkyl or cyclic N) is 1. The van der Waals surface area contributed by atoms with Gasteiger partial charge in [-0.3, -0.25) is 15.0 Å². The first-order valence-corrected chi connectivity index (χ1v) is 18.5. The molecule has 8 N–H and O–H groups in total. The Bertz CT molecular complexity index is 1290. The number of carboxylic acids is 1. The maximum absolute atomic E-state index is 14.0. The molecule has 52 heavy (non-hydrogen) atoms. The van der Waals surface area contributed by atoms with E-state index in [1.807, 2.05) is 4.90 Å². The number of nitrogens with zero attached hydrogens (tertiary/aromatic N) is 1. The van der Waals surface area contributed by atoms with Gasteiger partial charge in [0.05, 0.1) is 31.8 Å². The van der Waals surface area contributed by atoms with Crippen molar-refractivity contribution in [2.75, 3.05) is 46.6 Å². The van der Waals surface area contributed by atoms with Gasteiger partial charge in [-0.15, -0.1) is 0 Å². The molecule has 3 aliphatic heterocycles. The number of nitrogens with one attached hydrogen (secondary N) is 1. The van der Waals surface area contributed by atoms with E-state index in [4.69, 9.17) is 23.7 Å². The minimum absolute atomic E-state index is 0.155. The van der Waals surface area contributed by atoms with Gasteiger partial charge in [0, 0.05) is 19.6 Å². The van der Waals surface area contributed by atoms with Gasteiger partial charge >= 0.3 is 11.9 Å². The molecule has 0 aromatic heterocycles. The van der Waals surface area contributed by atoms with Crippen molar-refractivity contribution >= 4 is 11.9 Å². The van der Waals surface area contributed by atoms with E-state index in [2.05, 4.69) is 5.32 Å². The molecule has 5 rings (SSSR count). The van der Waals surface area contributed by atoms with E-state index in [1.54, 1.807) is 19.2 Å². The van der Waals surface area contributed by atoms with Crippen molar-refractivity contribution in [2.45, 2.75) is 113 Å². The molecule has 2 aliphatic carbocycles. The number of aliphatic hydroxyl groups excluding tert-OH is 3. The zero-order chi connectivity index (χ0) is 37.5. The summed E-state index contributed by atoms with van der Waals surface area (Å²) in [5.41, 5.74) is -1.35. The summed E-state index contributed by atoms with van der Waals surface area (Å²) in [5, 5.41) is 77.5. The van der Waals surface area contributed by atoms with E-state index in [0.29, 0.717) is 19.4 Å². The molecule has 5 aliphatic rings. The van der Waals surface area contributed by atoms with Crippen molar-refractivity contribution in [1.29, 1.82) is 0 Å². The maximum Gasteiger partial charge on any atom is 0.340 e. The Balaban J connectivity index is 1.54. The maximum atomic E-state index is 14.0. The molecule has 0 amide bonds. The summed E-state index contributed by atoms with van der Waals surface area (Å²) in [6.45, 7) is -0.210. The number of hydrogen-bond acceptors (Lipinski definition) is 15. The van der Waals surface area contributed by atoms with E-state index in [0.717, 1.165) is 56.8 Å². The lowest BCUT2D eigenvalue weighted by Gasteiger charge is -2.48. The molecule has 0 aromatic rings. The van der Waals surface area contributed by atoms with E-state index in [9.17, 15) is 45.3 Å². The third-order valence-electron chi connectivity index (χ3n) is 10.8. The molecule has 0 aromatic carbocycles. The molecule has 0 bridgehead atoms. The van der Waals surface area contributed by atoms with Gasteiger partial charge in [-0.2, -0.15) is 0 Å². The number of carbonyl (C=O) groups excluding carboxylic acids is 1. The Morgan fingerprint density at radius 1 is 1.06 bits per heavy atom. The van der Waals surface area contributed by atoms with Crippen molar-refractivity contribution in [3.05, 3.63) is 35.6 Å². The molecule has 0 radical (unpaired) electrons. The predicted octanol–water partition coefficient (Wildman–Crippen LogP) is -0.141. The highest BCUT2D eigenvalue weighted by molar-refractivity contribution is 5.91. The number of piperidine rings is 1. The summed E-state index contributed by atoms with van der Waals surface area (Å²) >= 11 is 0. The Hall–Kier alpha value is -2.48. The first-order valence-electron chi connectivity index (χ1n) is 18.5. The molecular weight excluding hydrogens is 684 g/mol. The topological polar surface area (TPSA) is 237 Å². The van der Waals surface area contributed by atoms with Gasteiger partial charge in [0.2, 0.25) is 12.1 Å². The molecule has 3 heterocycles. The van der Waals surface area contributed by atoms with Crippen LogP contribution in [0.2, 0.25) is 0 Å². The molecule has 16 heteroatoms. The number of carboxylic acid groups (broad SMARTS) is 1. The summed E-state index contributed by atoms with van der Waals surface area (Å²) in [4.78, 5) is 27.9. The van der Waals surface area contributed by atoms with Crippen LogP contribution in [0.4, 0.5) is 0 Å². The lowest BCUT2D eigenvalue weighted by molar-refractivity contribution is -0.412. The van der Waals surface area contributed by atoms with Crippen LogP contribution in [0, 0.1) is 17.8 Å². The second kappa shape index (κ2) is 18.2. The normalized spacial score (nSPS) is 36.0. The number of rotatable bonds is 14. The van der Waals surface area contributed by atoms with Crippen molar-refractivity contribution in [2.24, 2.45) is 17.8 Å². The highest BCUT2D eigenvalue weighted by Crippen LogP contribution is 2.43. The SMILES string of the molecule is CNCO[C@@H]1[C@H](O[C@H]2OC=C(C(=O)OC3CCCCC3)[C@@](O)(C=CC3CC(C(=O)O)CN(CCO)C3)[C@H]2C=C2CCCC2)O[C@H](CO)[C@@H](O)C1(O)O. The number of hydrogen-bond donors (Lipinski definition) is 8. The van der Waals surface area contributed by atoms with Gasteiger partial charge in [0.1, 0.15) is 35.7 Å². The molecule has 9 atom stereocenters. The fourth-order valence-corrected chi connectivity index (χ4v) is 7.95. The van der Waals surface area contributed by atoms with Crippen LogP contribution in [-0.2, 0) is 33.3 Å². The summed E-state index contributed by atoms with van der Waals surface area (Å²) < 4.78 is 29.6. The van der Waals surface area contributed by atoms with Gasteiger partial charge in [-0.05, 0) is 70.8 Å². The van der Waals surface area contributed by atoms with Crippen LogP contribution in [0.25, 0.3) is 0 Å². The zero-order valence-electron chi connectivity index (χ0n) is 29.8. The summed E-state index contributed by atoms with van der Waals surface area (Å²) in [6.07, 6.45) is 5.09. The number of ether oxygens (including phenoxy) is 5. The largest absolute Gasteiger partial charge is 0.481 e. The van der Waals surface area contributed by atoms with E-state index >= 15 is 0 Å². The summed E-state index contributed by atoms with van der Waals surface area (Å²) in [7, 11) is 1.55. The van der Waals surface area contributed by atoms with Crippen LogP contribution >= 0.6 is 0 Å². The first kappa shape index (κ1) is 40.7. The molecule has 2 saturated carbocycles. The van der Waals surface area contributed by atoms with Gasteiger partial charge in [0.15, 0.2) is 12.4 Å². The van der Waals surface area contributed by atoms with Gasteiger partial charge in [0.25, 0.3) is 0 Å².